The first-order valence-corrected chi connectivity index (χ1v) is 13.0. The van der Waals surface area contributed by atoms with Crippen molar-refractivity contribution in [1.29, 1.82) is 0 Å². The van der Waals surface area contributed by atoms with E-state index < -0.39 is 5.97 Å². The van der Waals surface area contributed by atoms with E-state index in [0.717, 1.165) is 24.8 Å². The zero-order valence-electron chi connectivity index (χ0n) is 21.0. The Morgan fingerprint density at radius 1 is 0.895 bits per heavy atom. The average molecular weight is 527 g/mol. The first-order chi connectivity index (χ1) is 18.5. The van der Waals surface area contributed by atoms with Crippen LogP contribution in [0.2, 0.25) is 5.02 Å². The predicted molar refractivity (Wildman–Crippen MR) is 150 cm³/mol. The largest absolute Gasteiger partial charge is 0.462 e. The lowest BCUT2D eigenvalue weighted by Gasteiger charge is -2.13. The smallest absolute Gasteiger partial charge is 0.344 e. The second-order valence-electron chi connectivity index (χ2n) is 8.98. The summed E-state index contributed by atoms with van der Waals surface area (Å²) in [5.74, 6) is -0.642. The monoisotopic (exact) mass is 526 g/mol. The number of hydrogen-bond acceptors (Lipinski definition) is 5. The fraction of sp³-hybridized carbons (Fsp3) is 0.200. The number of nitrogens with one attached hydrogen (secondary N) is 1. The molecule has 0 aliphatic heterocycles. The fourth-order valence-electron chi connectivity index (χ4n) is 4.31. The summed E-state index contributed by atoms with van der Waals surface area (Å²) in [6.07, 6.45) is 2.72. The molecular weight excluding hydrogens is 500 g/mol. The molecule has 0 atom stereocenters. The van der Waals surface area contributed by atoms with Crippen molar-refractivity contribution in [3.05, 3.63) is 101 Å². The Balaban J connectivity index is 1.68. The van der Waals surface area contributed by atoms with Crippen LogP contribution in [0.5, 0.6) is 0 Å². The van der Waals surface area contributed by atoms with E-state index in [1.54, 1.807) is 24.3 Å². The zero-order chi connectivity index (χ0) is 26.5. The molecule has 5 rings (SSSR count). The minimum atomic E-state index is -0.547. The number of anilines is 1. The molecule has 5 aromatic rings. The minimum Gasteiger partial charge on any atom is -0.462 e. The SMILES string of the molecule is CCCCCOC(=O)c1c(NC(=O)c2ccc(Cl)cc2)n(Cc2ccccc2)c2nc3ccccc3nc12. The Labute approximate surface area is 225 Å². The van der Waals surface area contributed by atoms with Gasteiger partial charge in [0.1, 0.15) is 16.9 Å². The molecule has 192 valence electrons. The first kappa shape index (κ1) is 25.4. The van der Waals surface area contributed by atoms with Gasteiger partial charge in [0.15, 0.2) is 5.65 Å². The Bertz CT molecular complexity index is 1600. The number of aromatic nitrogens is 3. The summed E-state index contributed by atoms with van der Waals surface area (Å²) in [5.41, 5.74) is 3.76. The van der Waals surface area contributed by atoms with E-state index in [9.17, 15) is 9.59 Å². The van der Waals surface area contributed by atoms with Crippen LogP contribution in [0.1, 0.15) is 52.5 Å². The van der Waals surface area contributed by atoms with Crippen molar-refractivity contribution in [3.8, 4) is 0 Å². The number of carbonyl (C=O) groups is 2. The molecule has 7 nitrogen and oxygen atoms in total. The molecule has 2 heterocycles. The molecule has 0 aliphatic rings. The van der Waals surface area contributed by atoms with E-state index in [2.05, 4.69) is 12.2 Å². The quantitative estimate of drug-likeness (QED) is 0.167. The van der Waals surface area contributed by atoms with Crippen LogP contribution >= 0.6 is 11.6 Å². The summed E-state index contributed by atoms with van der Waals surface area (Å²) in [6, 6.07) is 23.8. The third kappa shape index (κ3) is 5.38. The average Bonchev–Trinajstić information content (AvgIpc) is 3.22. The van der Waals surface area contributed by atoms with Crippen LogP contribution in [-0.4, -0.2) is 33.0 Å². The van der Waals surface area contributed by atoms with Crippen molar-refractivity contribution < 1.29 is 14.3 Å². The third-order valence-corrected chi connectivity index (χ3v) is 6.51. The number of ether oxygens (including phenoxy) is 1. The number of hydrogen-bond donors (Lipinski definition) is 1. The van der Waals surface area contributed by atoms with Crippen molar-refractivity contribution in [1.82, 2.24) is 14.5 Å². The molecule has 1 N–H and O–H groups in total. The molecule has 0 bridgehead atoms. The summed E-state index contributed by atoms with van der Waals surface area (Å²) >= 11 is 6.02. The molecule has 3 aromatic carbocycles. The van der Waals surface area contributed by atoms with Gasteiger partial charge in [-0.15, -0.1) is 0 Å². The van der Waals surface area contributed by atoms with Crippen molar-refractivity contribution in [2.45, 2.75) is 32.7 Å². The van der Waals surface area contributed by atoms with Gasteiger partial charge in [0.25, 0.3) is 5.91 Å². The summed E-state index contributed by atoms with van der Waals surface area (Å²) in [4.78, 5) is 36.6. The van der Waals surface area contributed by atoms with Gasteiger partial charge in [0.05, 0.1) is 24.2 Å². The summed E-state index contributed by atoms with van der Waals surface area (Å²) in [5, 5.41) is 3.49. The number of unbranched alkanes of at least 4 members (excludes halogenated alkanes) is 2. The van der Waals surface area contributed by atoms with Gasteiger partial charge in [-0.2, -0.15) is 0 Å². The summed E-state index contributed by atoms with van der Waals surface area (Å²) in [6.45, 7) is 2.73. The standard InChI is InChI=1S/C30H27ClN4O3/c1-2-3-9-18-38-30(37)25-26-28(33-24-13-8-7-12-23(24)32-26)35(19-20-10-5-4-6-11-20)27(25)34-29(36)21-14-16-22(31)17-15-21/h4-8,10-17H,2-3,9,18-19H2,1H3,(H,34,36). The van der Waals surface area contributed by atoms with Gasteiger partial charge in [-0.05, 0) is 48.4 Å². The molecule has 0 saturated heterocycles. The third-order valence-electron chi connectivity index (χ3n) is 6.26. The van der Waals surface area contributed by atoms with E-state index in [1.165, 1.54) is 0 Å². The van der Waals surface area contributed by atoms with E-state index in [0.29, 0.717) is 45.1 Å². The highest BCUT2D eigenvalue weighted by Crippen LogP contribution is 2.32. The maximum Gasteiger partial charge on any atom is 0.344 e. The van der Waals surface area contributed by atoms with Crippen LogP contribution in [0, 0.1) is 0 Å². The van der Waals surface area contributed by atoms with Gasteiger partial charge in [0.2, 0.25) is 0 Å². The van der Waals surface area contributed by atoms with E-state index >= 15 is 0 Å². The number of para-hydroxylation sites is 2. The highest BCUT2D eigenvalue weighted by molar-refractivity contribution is 6.30. The van der Waals surface area contributed by atoms with Crippen LogP contribution in [0.4, 0.5) is 5.82 Å². The fourth-order valence-corrected chi connectivity index (χ4v) is 4.44. The molecule has 0 fully saturated rings. The van der Waals surface area contributed by atoms with Gasteiger partial charge in [-0.1, -0.05) is 73.8 Å². The van der Waals surface area contributed by atoms with Crippen molar-refractivity contribution in [3.63, 3.8) is 0 Å². The second-order valence-corrected chi connectivity index (χ2v) is 9.42. The summed E-state index contributed by atoms with van der Waals surface area (Å²) in [7, 11) is 0. The topological polar surface area (TPSA) is 86.1 Å². The van der Waals surface area contributed by atoms with Crippen LogP contribution in [0.15, 0.2) is 78.9 Å². The lowest BCUT2D eigenvalue weighted by molar-refractivity contribution is 0.0501. The van der Waals surface area contributed by atoms with Crippen molar-refractivity contribution in [2.75, 3.05) is 11.9 Å². The highest BCUT2D eigenvalue weighted by atomic mass is 35.5. The molecule has 38 heavy (non-hydrogen) atoms. The van der Waals surface area contributed by atoms with Gasteiger partial charge in [0, 0.05) is 10.6 Å². The van der Waals surface area contributed by atoms with Crippen LogP contribution in [0.3, 0.4) is 0 Å². The predicted octanol–water partition coefficient (Wildman–Crippen LogP) is 6.89. The van der Waals surface area contributed by atoms with E-state index in [-0.39, 0.29) is 18.1 Å². The van der Waals surface area contributed by atoms with Gasteiger partial charge in [-0.25, -0.2) is 14.8 Å². The molecule has 0 aliphatic carbocycles. The normalized spacial score (nSPS) is 11.1. The van der Waals surface area contributed by atoms with Crippen molar-refractivity contribution >= 4 is 51.5 Å². The lowest BCUT2D eigenvalue weighted by Crippen LogP contribution is -2.19. The lowest BCUT2D eigenvalue weighted by atomic mass is 10.2. The molecular formula is C30H27ClN4O3. The minimum absolute atomic E-state index is 0.188. The number of amides is 1. The van der Waals surface area contributed by atoms with Crippen molar-refractivity contribution in [2.24, 2.45) is 0 Å². The highest BCUT2D eigenvalue weighted by Gasteiger charge is 2.28. The molecule has 0 spiro atoms. The number of halogens is 1. The van der Waals surface area contributed by atoms with Crippen LogP contribution in [-0.2, 0) is 11.3 Å². The Kier molecular flexibility index (Phi) is 7.65. The number of rotatable bonds is 9. The van der Waals surface area contributed by atoms with Gasteiger partial charge in [-0.3, -0.25) is 4.79 Å². The number of nitrogens with zero attached hydrogens (tertiary/aromatic N) is 3. The summed E-state index contributed by atoms with van der Waals surface area (Å²) < 4.78 is 7.49. The molecule has 8 heteroatoms. The maximum atomic E-state index is 13.5. The molecule has 0 saturated carbocycles. The number of benzene rings is 3. The number of esters is 1. The van der Waals surface area contributed by atoms with Gasteiger partial charge >= 0.3 is 5.97 Å². The van der Waals surface area contributed by atoms with E-state index in [1.807, 2.05) is 59.2 Å². The van der Waals surface area contributed by atoms with Gasteiger partial charge < -0.3 is 14.6 Å². The molecule has 0 radical (unpaired) electrons. The zero-order valence-corrected chi connectivity index (χ0v) is 21.7. The number of fused-ring (bicyclic) bond motifs is 2. The molecule has 1 amide bonds. The van der Waals surface area contributed by atoms with Crippen LogP contribution < -0.4 is 5.32 Å². The van der Waals surface area contributed by atoms with Crippen LogP contribution in [0.25, 0.3) is 22.2 Å². The first-order valence-electron chi connectivity index (χ1n) is 12.6. The Morgan fingerprint density at radius 2 is 1.58 bits per heavy atom. The van der Waals surface area contributed by atoms with E-state index in [4.69, 9.17) is 26.3 Å². The molecule has 2 aromatic heterocycles. The number of carbonyl (C=O) groups excluding carboxylic acids is 2. The molecule has 0 unspecified atom stereocenters. The Morgan fingerprint density at radius 3 is 2.29 bits per heavy atom. The Hall–Kier alpha value is -4.23. The second kappa shape index (κ2) is 11.4. The maximum absolute atomic E-state index is 13.5.